The minimum atomic E-state index is -1.50. The summed E-state index contributed by atoms with van der Waals surface area (Å²) in [5.74, 6) is -4.69. The number of carbonyl (C=O) groups excluding carboxylic acids is 4. The number of unbranched alkanes of at least 4 members (excludes halogenated alkanes) is 1. The topological polar surface area (TPSA) is 284 Å². The average Bonchev–Trinajstić information content (AvgIpc) is 2.89. The Balaban J connectivity index is 3.02. The van der Waals surface area contributed by atoms with Crippen LogP contribution < -0.4 is 44.6 Å². The standard InChI is InChI=1S/C25H41N9O6/c26-11-5-4-9-16(27)21(36)32-17(10-6-12-31-25(29)30)22(37)33-18(14-20(28)35)23(38)34-19(24(39)40)13-15-7-2-1-3-8-15/h1-3,7-8,16-19H,4-6,9-14,26-27H2,(H2,28,35)(H,32,36)(H,33,37)(H,34,38)(H,39,40)(H4,29,30,31). The fourth-order valence-electron chi connectivity index (χ4n) is 3.70. The summed E-state index contributed by atoms with van der Waals surface area (Å²) in [4.78, 5) is 66.2. The van der Waals surface area contributed by atoms with Gasteiger partial charge in [0.15, 0.2) is 5.96 Å². The van der Waals surface area contributed by atoms with Gasteiger partial charge in [-0.15, -0.1) is 0 Å². The first-order chi connectivity index (χ1) is 18.9. The van der Waals surface area contributed by atoms with Crippen molar-refractivity contribution < 1.29 is 29.1 Å². The highest BCUT2D eigenvalue weighted by Gasteiger charge is 2.31. The third kappa shape index (κ3) is 13.5. The van der Waals surface area contributed by atoms with Gasteiger partial charge < -0.3 is 49.7 Å². The van der Waals surface area contributed by atoms with Crippen LogP contribution in [0.3, 0.4) is 0 Å². The summed E-state index contributed by atoms with van der Waals surface area (Å²) >= 11 is 0. The van der Waals surface area contributed by atoms with E-state index < -0.39 is 60.2 Å². The number of carbonyl (C=O) groups is 5. The summed E-state index contributed by atoms with van der Waals surface area (Å²) in [6, 6.07) is 3.68. The van der Waals surface area contributed by atoms with Crippen LogP contribution in [0.25, 0.3) is 0 Å². The van der Waals surface area contributed by atoms with Crippen LogP contribution in [-0.4, -0.2) is 77.9 Å². The molecule has 15 nitrogen and oxygen atoms in total. The average molecular weight is 564 g/mol. The number of aliphatic imine (C=N–C) groups is 1. The third-order valence-corrected chi connectivity index (χ3v) is 5.82. The first-order valence-electron chi connectivity index (χ1n) is 12.9. The first kappa shape index (κ1) is 33.8. The Bertz CT molecular complexity index is 1020. The molecule has 0 aliphatic rings. The van der Waals surface area contributed by atoms with Gasteiger partial charge in [-0.1, -0.05) is 36.8 Å². The zero-order chi connectivity index (χ0) is 30.1. The molecule has 0 aliphatic heterocycles. The highest BCUT2D eigenvalue weighted by Crippen LogP contribution is 2.07. The van der Waals surface area contributed by atoms with E-state index in [4.69, 9.17) is 28.7 Å². The van der Waals surface area contributed by atoms with Crippen molar-refractivity contribution in [2.24, 2.45) is 33.7 Å². The summed E-state index contributed by atoms with van der Waals surface area (Å²) in [5.41, 5.74) is 28.0. The third-order valence-electron chi connectivity index (χ3n) is 5.82. The molecule has 4 amide bonds. The summed E-state index contributed by atoms with van der Waals surface area (Å²) in [6.45, 7) is 0.608. The second-order valence-electron chi connectivity index (χ2n) is 9.22. The Morgan fingerprint density at radius 1 is 0.800 bits per heavy atom. The molecule has 0 saturated heterocycles. The molecular weight excluding hydrogens is 522 g/mol. The lowest BCUT2D eigenvalue weighted by Gasteiger charge is -2.25. The normalized spacial score (nSPS) is 13.7. The zero-order valence-electron chi connectivity index (χ0n) is 22.4. The second kappa shape index (κ2) is 18.1. The van der Waals surface area contributed by atoms with Crippen LogP contribution in [-0.2, 0) is 30.4 Å². The Labute approximate surface area is 232 Å². The molecule has 0 spiro atoms. The molecule has 0 saturated carbocycles. The minimum absolute atomic E-state index is 0.0370. The van der Waals surface area contributed by atoms with Crippen molar-refractivity contribution in [1.29, 1.82) is 0 Å². The maximum Gasteiger partial charge on any atom is 0.326 e. The largest absolute Gasteiger partial charge is 0.480 e. The molecule has 14 N–H and O–H groups in total. The van der Waals surface area contributed by atoms with Crippen LogP contribution in [0, 0.1) is 0 Å². The fourth-order valence-corrected chi connectivity index (χ4v) is 3.70. The first-order valence-corrected chi connectivity index (χ1v) is 12.9. The van der Waals surface area contributed by atoms with Gasteiger partial charge in [-0.05, 0) is 37.8 Å². The van der Waals surface area contributed by atoms with E-state index in [2.05, 4.69) is 20.9 Å². The number of carboxylic acids is 1. The maximum absolute atomic E-state index is 13.2. The van der Waals surface area contributed by atoms with Crippen molar-refractivity contribution in [2.45, 2.75) is 69.1 Å². The number of hydrogen-bond donors (Lipinski definition) is 9. The monoisotopic (exact) mass is 563 g/mol. The minimum Gasteiger partial charge on any atom is -0.480 e. The number of aliphatic carboxylic acids is 1. The van der Waals surface area contributed by atoms with E-state index in [9.17, 15) is 29.1 Å². The van der Waals surface area contributed by atoms with E-state index in [1.807, 2.05) is 0 Å². The van der Waals surface area contributed by atoms with Crippen LogP contribution in [0.4, 0.5) is 0 Å². The summed E-state index contributed by atoms with van der Waals surface area (Å²) < 4.78 is 0. The number of nitrogens with one attached hydrogen (secondary N) is 3. The molecule has 0 aliphatic carbocycles. The molecule has 4 unspecified atom stereocenters. The molecule has 0 aromatic heterocycles. The molecule has 0 heterocycles. The number of amides is 4. The van der Waals surface area contributed by atoms with E-state index in [0.717, 1.165) is 0 Å². The van der Waals surface area contributed by atoms with Crippen molar-refractivity contribution in [3.05, 3.63) is 35.9 Å². The van der Waals surface area contributed by atoms with E-state index in [1.54, 1.807) is 30.3 Å². The van der Waals surface area contributed by atoms with Crippen molar-refractivity contribution in [3.8, 4) is 0 Å². The van der Waals surface area contributed by atoms with Crippen molar-refractivity contribution in [2.75, 3.05) is 13.1 Å². The van der Waals surface area contributed by atoms with Gasteiger partial charge in [0.1, 0.15) is 18.1 Å². The Morgan fingerprint density at radius 2 is 1.40 bits per heavy atom. The van der Waals surface area contributed by atoms with Crippen LogP contribution in [0.2, 0.25) is 0 Å². The number of benzene rings is 1. The fraction of sp³-hybridized carbons (Fsp3) is 0.520. The molecule has 0 bridgehead atoms. The highest BCUT2D eigenvalue weighted by molar-refractivity contribution is 5.96. The lowest BCUT2D eigenvalue weighted by atomic mass is 10.0. The number of primary amides is 1. The van der Waals surface area contributed by atoms with E-state index in [0.29, 0.717) is 31.4 Å². The van der Waals surface area contributed by atoms with E-state index in [-0.39, 0.29) is 31.8 Å². The molecule has 0 fully saturated rings. The van der Waals surface area contributed by atoms with Crippen LogP contribution in [0.5, 0.6) is 0 Å². The van der Waals surface area contributed by atoms with Gasteiger partial charge in [0.25, 0.3) is 0 Å². The molecule has 40 heavy (non-hydrogen) atoms. The maximum atomic E-state index is 13.2. The second-order valence-corrected chi connectivity index (χ2v) is 9.22. The number of hydrogen-bond acceptors (Lipinski definition) is 8. The molecule has 1 rings (SSSR count). The summed E-state index contributed by atoms with van der Waals surface area (Å²) in [5, 5.41) is 16.9. The molecule has 1 aromatic rings. The number of nitrogens with zero attached hydrogens (tertiary/aromatic N) is 1. The van der Waals surface area contributed by atoms with Crippen LogP contribution in [0.1, 0.15) is 44.1 Å². The zero-order valence-corrected chi connectivity index (χ0v) is 22.4. The predicted octanol–water partition coefficient (Wildman–Crippen LogP) is -2.85. The lowest BCUT2D eigenvalue weighted by Crippen LogP contribution is -2.58. The van der Waals surface area contributed by atoms with Crippen molar-refractivity contribution in [1.82, 2.24) is 16.0 Å². The van der Waals surface area contributed by atoms with Gasteiger partial charge in [-0.25, -0.2) is 4.79 Å². The summed E-state index contributed by atoms with van der Waals surface area (Å²) in [7, 11) is 0. The summed E-state index contributed by atoms with van der Waals surface area (Å²) in [6.07, 6.45) is 1.34. The molecular formula is C25H41N9O6. The van der Waals surface area contributed by atoms with Gasteiger partial charge >= 0.3 is 5.97 Å². The van der Waals surface area contributed by atoms with Crippen LogP contribution >= 0.6 is 0 Å². The van der Waals surface area contributed by atoms with Gasteiger partial charge in [0.2, 0.25) is 23.6 Å². The van der Waals surface area contributed by atoms with E-state index in [1.165, 1.54) is 0 Å². The molecule has 0 radical (unpaired) electrons. The van der Waals surface area contributed by atoms with Gasteiger partial charge in [0, 0.05) is 13.0 Å². The SMILES string of the molecule is NCCCCC(N)C(=O)NC(CCCN=C(N)N)C(=O)NC(CC(N)=O)C(=O)NC(Cc1ccccc1)C(=O)O. The Morgan fingerprint density at radius 3 is 1.98 bits per heavy atom. The van der Waals surface area contributed by atoms with Crippen molar-refractivity contribution >= 4 is 35.6 Å². The predicted molar refractivity (Wildman–Crippen MR) is 148 cm³/mol. The van der Waals surface area contributed by atoms with Crippen molar-refractivity contribution in [3.63, 3.8) is 0 Å². The smallest absolute Gasteiger partial charge is 0.326 e. The van der Waals surface area contributed by atoms with Gasteiger partial charge in [-0.3, -0.25) is 24.2 Å². The number of rotatable bonds is 19. The van der Waals surface area contributed by atoms with E-state index >= 15 is 0 Å². The molecule has 15 heteroatoms. The number of nitrogens with two attached hydrogens (primary N) is 5. The molecule has 222 valence electrons. The quantitative estimate of drug-likeness (QED) is 0.0471. The van der Waals surface area contributed by atoms with Gasteiger partial charge in [-0.2, -0.15) is 0 Å². The molecule has 4 atom stereocenters. The number of guanidine groups is 1. The molecule has 1 aromatic carbocycles. The number of carboxylic acid groups (broad SMARTS) is 1. The Kier molecular flexibility index (Phi) is 15.3. The van der Waals surface area contributed by atoms with Crippen LogP contribution in [0.15, 0.2) is 35.3 Å². The Hall–Kier alpha value is -4.24. The van der Waals surface area contributed by atoms with Gasteiger partial charge in [0.05, 0.1) is 12.5 Å². The lowest BCUT2D eigenvalue weighted by molar-refractivity contribution is -0.142. The highest BCUT2D eigenvalue weighted by atomic mass is 16.4.